The van der Waals surface area contributed by atoms with Crippen LogP contribution in [0, 0.1) is 6.92 Å². The highest BCUT2D eigenvalue weighted by atomic mass is 19.4. The second kappa shape index (κ2) is 5.06. The van der Waals surface area contributed by atoms with Gasteiger partial charge in [-0.25, -0.2) is 4.98 Å². The number of rotatable bonds is 3. The quantitative estimate of drug-likeness (QED) is 0.633. The van der Waals surface area contributed by atoms with Crippen molar-refractivity contribution in [1.29, 1.82) is 0 Å². The van der Waals surface area contributed by atoms with Gasteiger partial charge in [0.25, 0.3) is 5.78 Å². The van der Waals surface area contributed by atoms with E-state index in [1.54, 1.807) is 0 Å². The number of aryl methyl sites for hydroxylation is 1. The largest absolute Gasteiger partial charge is 0.468 e. The van der Waals surface area contributed by atoms with Crippen molar-refractivity contribution in [3.8, 4) is 5.88 Å². The minimum Gasteiger partial charge on any atom is -0.468 e. The van der Waals surface area contributed by atoms with E-state index in [1.807, 2.05) is 0 Å². The highest BCUT2D eigenvalue weighted by Crippen LogP contribution is 2.25. The van der Waals surface area contributed by atoms with Gasteiger partial charge >= 0.3 is 12.4 Å². The standard InChI is InChI=1S/C10H7F6NO2/c1-5-2-7(19-4-9(11,12)13)17-3-6(5)8(18)10(14,15)16/h2-3H,4H2,1H3. The lowest BCUT2D eigenvalue weighted by Gasteiger charge is -2.11. The monoisotopic (exact) mass is 287 g/mol. The van der Waals surface area contributed by atoms with Crippen LogP contribution in [0.4, 0.5) is 26.3 Å². The molecular weight excluding hydrogens is 280 g/mol. The third kappa shape index (κ3) is 4.42. The van der Waals surface area contributed by atoms with Crippen molar-refractivity contribution in [2.24, 2.45) is 0 Å². The summed E-state index contributed by atoms with van der Waals surface area (Å²) in [6.07, 6.45) is -9.12. The predicted molar refractivity (Wildman–Crippen MR) is 50.9 cm³/mol. The van der Waals surface area contributed by atoms with E-state index in [9.17, 15) is 31.1 Å². The van der Waals surface area contributed by atoms with Crippen LogP contribution >= 0.6 is 0 Å². The fourth-order valence-corrected chi connectivity index (χ4v) is 1.16. The number of hydrogen-bond acceptors (Lipinski definition) is 3. The lowest BCUT2D eigenvalue weighted by molar-refractivity contribution is -0.154. The minimum atomic E-state index is -5.07. The number of Topliss-reactive ketones (excluding diaryl/α,β-unsaturated/α-hetero) is 1. The Bertz CT molecular complexity index is 480. The molecule has 0 spiro atoms. The number of nitrogens with zero attached hydrogens (tertiary/aromatic N) is 1. The number of ketones is 1. The fourth-order valence-electron chi connectivity index (χ4n) is 1.16. The van der Waals surface area contributed by atoms with Crippen molar-refractivity contribution in [2.75, 3.05) is 6.61 Å². The topological polar surface area (TPSA) is 39.2 Å². The van der Waals surface area contributed by atoms with Crippen molar-refractivity contribution in [1.82, 2.24) is 4.98 Å². The minimum absolute atomic E-state index is 0.172. The van der Waals surface area contributed by atoms with Gasteiger partial charge in [0.1, 0.15) is 0 Å². The molecule has 0 saturated heterocycles. The first-order chi connectivity index (χ1) is 8.50. The summed E-state index contributed by atoms with van der Waals surface area (Å²) in [6.45, 7) is -0.479. The smallest absolute Gasteiger partial charge is 0.454 e. The zero-order valence-electron chi connectivity index (χ0n) is 9.39. The maximum absolute atomic E-state index is 12.2. The number of ether oxygens (including phenoxy) is 1. The number of aromatic nitrogens is 1. The summed E-state index contributed by atoms with van der Waals surface area (Å²) in [5, 5.41) is 0. The van der Waals surface area contributed by atoms with E-state index < -0.39 is 36.2 Å². The molecule has 1 aromatic heterocycles. The molecule has 106 valence electrons. The van der Waals surface area contributed by atoms with Gasteiger partial charge in [-0.3, -0.25) is 4.79 Å². The molecule has 0 bridgehead atoms. The van der Waals surface area contributed by atoms with Crippen LogP contribution in [-0.4, -0.2) is 29.7 Å². The first-order valence-electron chi connectivity index (χ1n) is 4.78. The summed E-state index contributed by atoms with van der Waals surface area (Å²) < 4.78 is 76.3. The third-order valence-corrected chi connectivity index (χ3v) is 1.97. The van der Waals surface area contributed by atoms with Crippen molar-refractivity contribution in [3.63, 3.8) is 0 Å². The Morgan fingerprint density at radius 2 is 1.84 bits per heavy atom. The van der Waals surface area contributed by atoms with E-state index >= 15 is 0 Å². The van der Waals surface area contributed by atoms with Gasteiger partial charge in [-0.15, -0.1) is 0 Å². The molecule has 0 aliphatic heterocycles. The zero-order valence-corrected chi connectivity index (χ0v) is 9.39. The van der Waals surface area contributed by atoms with Crippen LogP contribution in [-0.2, 0) is 0 Å². The molecule has 19 heavy (non-hydrogen) atoms. The number of halogens is 6. The van der Waals surface area contributed by atoms with Crippen LogP contribution in [0.1, 0.15) is 15.9 Å². The average molecular weight is 287 g/mol. The first-order valence-corrected chi connectivity index (χ1v) is 4.78. The summed E-state index contributed by atoms with van der Waals surface area (Å²) in [5.41, 5.74) is -0.902. The summed E-state index contributed by atoms with van der Waals surface area (Å²) in [6, 6.07) is 0.838. The van der Waals surface area contributed by atoms with Crippen LogP contribution in [0.15, 0.2) is 12.3 Å². The predicted octanol–water partition coefficient (Wildman–Crippen LogP) is 3.08. The van der Waals surface area contributed by atoms with Gasteiger partial charge < -0.3 is 4.74 Å². The van der Waals surface area contributed by atoms with Gasteiger partial charge in [0, 0.05) is 17.8 Å². The summed E-state index contributed by atoms with van der Waals surface area (Å²) in [4.78, 5) is 14.2. The van der Waals surface area contributed by atoms with Gasteiger partial charge in [0.15, 0.2) is 6.61 Å². The van der Waals surface area contributed by atoms with Gasteiger partial charge in [0.05, 0.1) is 0 Å². The molecule has 0 radical (unpaired) electrons. The molecule has 9 heteroatoms. The van der Waals surface area contributed by atoms with Crippen LogP contribution < -0.4 is 4.74 Å². The average Bonchev–Trinajstić information content (AvgIpc) is 2.23. The number of alkyl halides is 6. The molecule has 0 aliphatic rings. The normalized spacial score (nSPS) is 12.4. The molecule has 0 fully saturated rings. The Morgan fingerprint density at radius 1 is 1.26 bits per heavy atom. The van der Waals surface area contributed by atoms with Crippen molar-refractivity contribution in [2.45, 2.75) is 19.3 Å². The Labute approximate surface area is 103 Å². The molecule has 0 N–H and O–H groups in total. The lowest BCUT2D eigenvalue weighted by atomic mass is 10.1. The van der Waals surface area contributed by atoms with E-state index in [0.717, 1.165) is 13.0 Å². The molecule has 0 aromatic carbocycles. The molecular formula is C10H7F6NO2. The Morgan fingerprint density at radius 3 is 2.26 bits per heavy atom. The zero-order chi connectivity index (χ0) is 14.8. The van der Waals surface area contributed by atoms with Gasteiger partial charge in [-0.1, -0.05) is 0 Å². The molecule has 0 saturated carbocycles. The van der Waals surface area contributed by atoms with Gasteiger partial charge in [-0.2, -0.15) is 26.3 Å². The summed E-state index contributed by atoms with van der Waals surface area (Å²) >= 11 is 0. The Balaban J connectivity index is 2.90. The fraction of sp³-hybridized carbons (Fsp3) is 0.400. The van der Waals surface area contributed by atoms with Crippen LogP contribution in [0.3, 0.4) is 0 Å². The lowest BCUT2D eigenvalue weighted by Crippen LogP contribution is -2.24. The van der Waals surface area contributed by atoms with E-state index in [4.69, 9.17) is 0 Å². The summed E-state index contributed by atoms with van der Waals surface area (Å²) in [5.74, 6) is -2.62. The van der Waals surface area contributed by atoms with E-state index in [2.05, 4.69) is 9.72 Å². The second-order valence-corrected chi connectivity index (χ2v) is 3.57. The van der Waals surface area contributed by atoms with Gasteiger partial charge in [-0.05, 0) is 12.5 Å². The van der Waals surface area contributed by atoms with Crippen molar-refractivity contribution >= 4 is 5.78 Å². The highest BCUT2D eigenvalue weighted by Gasteiger charge is 2.40. The molecule has 0 amide bonds. The maximum atomic E-state index is 12.2. The third-order valence-electron chi connectivity index (χ3n) is 1.97. The molecule has 0 atom stereocenters. The molecule has 0 unspecified atom stereocenters. The second-order valence-electron chi connectivity index (χ2n) is 3.57. The number of carbonyl (C=O) groups excluding carboxylic acids is 1. The van der Waals surface area contributed by atoms with Crippen molar-refractivity contribution in [3.05, 3.63) is 23.4 Å². The van der Waals surface area contributed by atoms with Crippen LogP contribution in [0.2, 0.25) is 0 Å². The molecule has 0 aliphatic carbocycles. The van der Waals surface area contributed by atoms with Crippen LogP contribution in [0.5, 0.6) is 5.88 Å². The number of carbonyl (C=O) groups is 1. The van der Waals surface area contributed by atoms with Crippen molar-refractivity contribution < 1.29 is 35.9 Å². The first kappa shape index (κ1) is 15.3. The van der Waals surface area contributed by atoms with E-state index in [0.29, 0.717) is 6.20 Å². The Kier molecular flexibility index (Phi) is 4.06. The summed E-state index contributed by atoms with van der Waals surface area (Å²) in [7, 11) is 0. The van der Waals surface area contributed by atoms with E-state index in [1.165, 1.54) is 0 Å². The molecule has 1 rings (SSSR count). The molecule has 1 aromatic rings. The maximum Gasteiger partial charge on any atom is 0.454 e. The Hall–Kier alpha value is -1.80. The SMILES string of the molecule is Cc1cc(OCC(F)(F)F)ncc1C(=O)C(F)(F)F. The van der Waals surface area contributed by atoms with E-state index in [-0.39, 0.29) is 5.56 Å². The van der Waals surface area contributed by atoms with Gasteiger partial charge in [0.2, 0.25) is 5.88 Å². The molecule has 1 heterocycles. The molecule has 3 nitrogen and oxygen atoms in total. The number of hydrogen-bond donors (Lipinski definition) is 0. The van der Waals surface area contributed by atoms with Crippen LogP contribution in [0.25, 0.3) is 0 Å². The highest BCUT2D eigenvalue weighted by molar-refractivity contribution is 6.01. The number of pyridine rings is 1.